The zero-order valence-corrected chi connectivity index (χ0v) is 11.6. The molecule has 0 radical (unpaired) electrons. The van der Waals surface area contributed by atoms with Gasteiger partial charge in [-0.2, -0.15) is 0 Å². The van der Waals surface area contributed by atoms with E-state index in [4.69, 9.17) is 23.7 Å². The van der Waals surface area contributed by atoms with Gasteiger partial charge < -0.3 is 23.7 Å². The van der Waals surface area contributed by atoms with Crippen molar-refractivity contribution in [2.24, 2.45) is 11.8 Å². The molecular weight excluding hydrogens is 280 g/mol. The fourth-order valence-corrected chi connectivity index (χ4v) is 2.84. The average molecular weight is 298 g/mol. The van der Waals surface area contributed by atoms with Crippen molar-refractivity contribution in [3.05, 3.63) is 0 Å². The van der Waals surface area contributed by atoms with Crippen molar-refractivity contribution < 1.29 is 33.3 Å². The van der Waals surface area contributed by atoms with Crippen molar-refractivity contribution in [2.75, 3.05) is 26.4 Å². The van der Waals surface area contributed by atoms with Crippen molar-refractivity contribution in [3.8, 4) is 0 Å². The lowest BCUT2D eigenvalue weighted by molar-refractivity contribution is -0.162. The van der Waals surface area contributed by atoms with Gasteiger partial charge in [0.05, 0.1) is 37.3 Å². The van der Waals surface area contributed by atoms with E-state index in [9.17, 15) is 9.59 Å². The molecule has 1 saturated carbocycles. The molecule has 0 aromatic heterocycles. The molecule has 0 amide bonds. The minimum Gasteiger partial charge on any atom is -0.463 e. The fraction of sp³-hybridized carbons (Fsp3) is 0.857. The van der Waals surface area contributed by atoms with Crippen LogP contribution in [0.1, 0.15) is 12.8 Å². The third-order valence-electron chi connectivity index (χ3n) is 4.38. The molecule has 3 aliphatic heterocycles. The third-order valence-corrected chi connectivity index (χ3v) is 4.38. The number of hydrogen-bond acceptors (Lipinski definition) is 7. The first-order valence-electron chi connectivity index (χ1n) is 7.42. The summed E-state index contributed by atoms with van der Waals surface area (Å²) in [5.74, 6) is -1.63. The van der Waals surface area contributed by atoms with E-state index in [2.05, 4.69) is 0 Å². The molecule has 0 bridgehead atoms. The smallest absolute Gasteiger partial charge is 0.310 e. The Kier molecular flexibility index (Phi) is 3.35. The lowest BCUT2D eigenvalue weighted by Gasteiger charge is -2.26. The van der Waals surface area contributed by atoms with E-state index in [1.165, 1.54) is 0 Å². The molecule has 7 nitrogen and oxygen atoms in total. The Labute approximate surface area is 121 Å². The number of carbonyl (C=O) groups is 2. The Morgan fingerprint density at radius 3 is 1.67 bits per heavy atom. The largest absolute Gasteiger partial charge is 0.463 e. The molecule has 0 spiro atoms. The Hall–Kier alpha value is -1.18. The molecule has 3 saturated heterocycles. The first-order chi connectivity index (χ1) is 10.2. The maximum absolute atomic E-state index is 12.2. The van der Waals surface area contributed by atoms with Crippen LogP contribution in [-0.4, -0.2) is 62.8 Å². The zero-order chi connectivity index (χ0) is 14.4. The number of carbonyl (C=O) groups excluding carboxylic acids is 2. The summed E-state index contributed by atoms with van der Waals surface area (Å²) in [4.78, 5) is 24.4. The van der Waals surface area contributed by atoms with Gasteiger partial charge in [-0.15, -0.1) is 0 Å². The molecule has 6 atom stereocenters. The van der Waals surface area contributed by atoms with Crippen molar-refractivity contribution in [1.29, 1.82) is 0 Å². The Bertz CT molecular complexity index is 403. The summed E-state index contributed by atoms with van der Waals surface area (Å²) in [7, 11) is 0. The van der Waals surface area contributed by atoms with Crippen molar-refractivity contribution >= 4 is 11.9 Å². The van der Waals surface area contributed by atoms with Crippen LogP contribution in [0.4, 0.5) is 0 Å². The van der Waals surface area contributed by atoms with Crippen molar-refractivity contribution in [1.82, 2.24) is 0 Å². The predicted octanol–water partition coefficient (Wildman–Crippen LogP) is -0.336. The number of rotatable bonds is 6. The minimum atomic E-state index is -0.472. The molecule has 4 aliphatic rings. The molecule has 0 N–H and O–H groups in total. The van der Waals surface area contributed by atoms with Crippen molar-refractivity contribution in [2.45, 2.75) is 37.3 Å². The van der Waals surface area contributed by atoms with Gasteiger partial charge in [-0.1, -0.05) is 0 Å². The van der Waals surface area contributed by atoms with E-state index < -0.39 is 11.8 Å². The zero-order valence-electron chi connectivity index (χ0n) is 11.6. The second kappa shape index (κ2) is 5.23. The van der Waals surface area contributed by atoms with Gasteiger partial charge in [0.2, 0.25) is 0 Å². The number of ether oxygens (including phenoxy) is 5. The summed E-state index contributed by atoms with van der Waals surface area (Å²) in [6.45, 7) is 1.81. The van der Waals surface area contributed by atoms with Crippen LogP contribution in [0.15, 0.2) is 0 Å². The van der Waals surface area contributed by atoms with Gasteiger partial charge in [0.1, 0.15) is 25.4 Å². The topological polar surface area (TPSA) is 90.2 Å². The van der Waals surface area contributed by atoms with Gasteiger partial charge in [-0.25, -0.2) is 0 Å². The normalized spacial score (nSPS) is 42.7. The monoisotopic (exact) mass is 298 g/mol. The first-order valence-corrected chi connectivity index (χ1v) is 7.42. The molecule has 3 heterocycles. The summed E-state index contributed by atoms with van der Waals surface area (Å²) in [6, 6.07) is 0. The molecule has 116 valence electrons. The van der Waals surface area contributed by atoms with Gasteiger partial charge in [-0.05, 0) is 12.8 Å². The molecule has 21 heavy (non-hydrogen) atoms. The highest BCUT2D eigenvalue weighted by Gasteiger charge is 2.53. The van der Waals surface area contributed by atoms with Gasteiger partial charge in [-0.3, -0.25) is 9.59 Å². The molecule has 1 aliphatic carbocycles. The number of fused-ring (bicyclic) bond motifs is 1. The lowest BCUT2D eigenvalue weighted by atomic mass is 9.79. The second-order valence-corrected chi connectivity index (χ2v) is 6.07. The van der Waals surface area contributed by atoms with Gasteiger partial charge >= 0.3 is 11.9 Å². The van der Waals surface area contributed by atoms with Crippen molar-refractivity contribution in [3.63, 3.8) is 0 Å². The Morgan fingerprint density at radius 1 is 0.857 bits per heavy atom. The fourth-order valence-electron chi connectivity index (χ4n) is 2.84. The number of hydrogen-bond donors (Lipinski definition) is 0. The number of epoxide rings is 3. The summed E-state index contributed by atoms with van der Waals surface area (Å²) < 4.78 is 26.0. The molecule has 0 unspecified atom stereocenters. The van der Waals surface area contributed by atoms with Crippen LogP contribution < -0.4 is 0 Å². The van der Waals surface area contributed by atoms with Crippen LogP contribution in [0.2, 0.25) is 0 Å². The summed E-state index contributed by atoms with van der Waals surface area (Å²) in [6.07, 6.45) is 1.31. The lowest BCUT2D eigenvalue weighted by Crippen LogP contribution is -2.38. The number of esters is 2. The van der Waals surface area contributed by atoms with E-state index >= 15 is 0 Å². The standard InChI is InChI=1S/C14H18O7/c15-13(19-5-7-3-17-7)9-1-11-12(21-11)2-10(9)14(16)20-6-8-4-18-8/h7-12H,1-6H2/t7-,8+,9-,10-,11-,12+/m1/s1. The molecular formula is C14H18O7. The predicted molar refractivity (Wildman–Crippen MR) is 66.3 cm³/mol. The van der Waals surface area contributed by atoms with Crippen LogP contribution in [0.5, 0.6) is 0 Å². The van der Waals surface area contributed by atoms with Crippen LogP contribution >= 0.6 is 0 Å². The van der Waals surface area contributed by atoms with Crippen LogP contribution in [0.3, 0.4) is 0 Å². The first kappa shape index (κ1) is 13.5. The quantitative estimate of drug-likeness (QED) is 0.489. The van der Waals surface area contributed by atoms with E-state index in [1.54, 1.807) is 0 Å². The maximum atomic E-state index is 12.2. The van der Waals surface area contributed by atoms with Gasteiger partial charge in [0.15, 0.2) is 0 Å². The van der Waals surface area contributed by atoms with E-state index in [0.29, 0.717) is 26.1 Å². The van der Waals surface area contributed by atoms with Gasteiger partial charge in [0.25, 0.3) is 0 Å². The SMILES string of the molecule is O=C(OC[C@@H]1CO1)[C@@H]1C[C@@H]2O[C@@H]2C[C@H]1C(=O)OC[C@H]1CO1. The summed E-state index contributed by atoms with van der Waals surface area (Å²) in [5, 5.41) is 0. The van der Waals surface area contributed by atoms with E-state index in [1.807, 2.05) is 0 Å². The molecule has 0 aromatic rings. The van der Waals surface area contributed by atoms with Crippen LogP contribution in [-0.2, 0) is 33.3 Å². The highest BCUT2D eigenvalue weighted by molar-refractivity contribution is 5.82. The molecule has 0 aromatic carbocycles. The van der Waals surface area contributed by atoms with E-state index in [0.717, 1.165) is 0 Å². The second-order valence-electron chi connectivity index (χ2n) is 6.07. The Balaban J connectivity index is 1.35. The highest BCUT2D eigenvalue weighted by atomic mass is 16.6. The van der Waals surface area contributed by atoms with E-state index in [-0.39, 0.29) is 49.6 Å². The maximum Gasteiger partial charge on any atom is 0.310 e. The minimum absolute atomic E-state index is 0.0277. The molecule has 7 heteroatoms. The summed E-state index contributed by atoms with van der Waals surface area (Å²) >= 11 is 0. The molecule has 4 fully saturated rings. The Morgan fingerprint density at radius 2 is 1.29 bits per heavy atom. The van der Waals surface area contributed by atoms with Gasteiger partial charge in [0, 0.05) is 0 Å². The van der Waals surface area contributed by atoms with Crippen LogP contribution in [0, 0.1) is 11.8 Å². The third kappa shape index (κ3) is 3.20. The summed E-state index contributed by atoms with van der Waals surface area (Å²) in [5.41, 5.74) is 0. The molecule has 4 rings (SSSR count). The van der Waals surface area contributed by atoms with Crippen LogP contribution in [0.25, 0.3) is 0 Å². The average Bonchev–Trinajstić information content (AvgIpc) is 3.37. The highest BCUT2D eigenvalue weighted by Crippen LogP contribution is 2.44.